The van der Waals surface area contributed by atoms with Gasteiger partial charge < -0.3 is 10.1 Å². The van der Waals surface area contributed by atoms with E-state index in [0.29, 0.717) is 5.75 Å². The number of nitrogens with one attached hydrogen (secondary N) is 1. The van der Waals surface area contributed by atoms with Crippen LogP contribution in [0.5, 0.6) is 5.75 Å². The zero-order valence-corrected chi connectivity index (χ0v) is 8.13. The number of carbonyl (C=O) groups is 1. The Morgan fingerprint density at radius 3 is 2.93 bits per heavy atom. The standard InChI is InChI=1S/C10H12FNO2/c1-7-3-4-8(11)5-9(7)14-6-10(13)12-2/h3-5H,6H2,1-2H3,(H,12,13). The Balaban J connectivity index is 2.66. The molecule has 0 fully saturated rings. The number of hydrogen-bond donors (Lipinski definition) is 1. The molecule has 0 heterocycles. The molecule has 0 radical (unpaired) electrons. The van der Waals surface area contributed by atoms with Gasteiger partial charge in [-0.05, 0) is 18.6 Å². The van der Waals surface area contributed by atoms with E-state index in [1.807, 2.05) is 0 Å². The maximum Gasteiger partial charge on any atom is 0.257 e. The summed E-state index contributed by atoms with van der Waals surface area (Å²) in [7, 11) is 1.52. The summed E-state index contributed by atoms with van der Waals surface area (Å²) in [6.45, 7) is 1.69. The van der Waals surface area contributed by atoms with Crippen LogP contribution in [0.3, 0.4) is 0 Å². The molecule has 14 heavy (non-hydrogen) atoms. The van der Waals surface area contributed by atoms with Crippen LogP contribution in [0.2, 0.25) is 0 Å². The van der Waals surface area contributed by atoms with Crippen LogP contribution in [0.15, 0.2) is 18.2 Å². The maximum absolute atomic E-state index is 12.8. The van der Waals surface area contributed by atoms with Gasteiger partial charge in [0, 0.05) is 13.1 Å². The molecule has 0 saturated carbocycles. The van der Waals surface area contributed by atoms with E-state index in [4.69, 9.17) is 4.74 Å². The second-order valence-corrected chi connectivity index (χ2v) is 2.87. The fourth-order valence-corrected chi connectivity index (χ4v) is 0.945. The van der Waals surface area contributed by atoms with Crippen molar-refractivity contribution in [2.75, 3.05) is 13.7 Å². The molecule has 1 amide bonds. The highest BCUT2D eigenvalue weighted by molar-refractivity contribution is 5.77. The van der Waals surface area contributed by atoms with Gasteiger partial charge in [-0.25, -0.2) is 4.39 Å². The fourth-order valence-electron chi connectivity index (χ4n) is 0.945. The summed E-state index contributed by atoms with van der Waals surface area (Å²) in [5, 5.41) is 2.41. The van der Waals surface area contributed by atoms with Gasteiger partial charge in [-0.2, -0.15) is 0 Å². The van der Waals surface area contributed by atoms with Crippen molar-refractivity contribution in [3.05, 3.63) is 29.6 Å². The number of aryl methyl sites for hydroxylation is 1. The van der Waals surface area contributed by atoms with E-state index in [0.717, 1.165) is 5.56 Å². The summed E-state index contributed by atoms with van der Waals surface area (Å²) in [5.74, 6) is -0.218. The van der Waals surface area contributed by atoms with E-state index < -0.39 is 0 Å². The monoisotopic (exact) mass is 197 g/mol. The molecule has 0 bridgehead atoms. The van der Waals surface area contributed by atoms with Crippen molar-refractivity contribution in [3.63, 3.8) is 0 Å². The highest BCUT2D eigenvalue weighted by atomic mass is 19.1. The van der Waals surface area contributed by atoms with Crippen LogP contribution in [0.25, 0.3) is 0 Å². The van der Waals surface area contributed by atoms with E-state index in [1.54, 1.807) is 13.0 Å². The predicted octanol–water partition coefficient (Wildman–Crippen LogP) is 1.26. The molecule has 0 aliphatic carbocycles. The summed E-state index contributed by atoms with van der Waals surface area (Å²) in [5.41, 5.74) is 0.801. The van der Waals surface area contributed by atoms with Crippen molar-refractivity contribution in [2.24, 2.45) is 0 Å². The van der Waals surface area contributed by atoms with E-state index in [2.05, 4.69) is 5.32 Å². The molecule has 0 aliphatic rings. The van der Waals surface area contributed by atoms with Crippen LogP contribution >= 0.6 is 0 Å². The Morgan fingerprint density at radius 1 is 1.57 bits per heavy atom. The summed E-state index contributed by atoms with van der Waals surface area (Å²) in [6, 6.07) is 4.22. The smallest absolute Gasteiger partial charge is 0.257 e. The molecule has 76 valence electrons. The quantitative estimate of drug-likeness (QED) is 0.792. The summed E-state index contributed by atoms with van der Waals surface area (Å²) < 4.78 is 17.9. The topological polar surface area (TPSA) is 38.3 Å². The maximum atomic E-state index is 12.8. The Hall–Kier alpha value is -1.58. The van der Waals surface area contributed by atoms with Crippen LogP contribution < -0.4 is 10.1 Å². The minimum absolute atomic E-state index is 0.0964. The van der Waals surface area contributed by atoms with Crippen LogP contribution in [0.1, 0.15) is 5.56 Å². The molecule has 1 rings (SSSR count). The lowest BCUT2D eigenvalue weighted by Gasteiger charge is -2.07. The van der Waals surface area contributed by atoms with Gasteiger partial charge >= 0.3 is 0 Å². The van der Waals surface area contributed by atoms with Crippen LogP contribution in [0.4, 0.5) is 4.39 Å². The first-order valence-corrected chi connectivity index (χ1v) is 4.23. The molecule has 0 saturated heterocycles. The first kappa shape index (κ1) is 10.5. The average molecular weight is 197 g/mol. The highest BCUT2D eigenvalue weighted by Crippen LogP contribution is 2.18. The van der Waals surface area contributed by atoms with Crippen LogP contribution in [0, 0.1) is 12.7 Å². The van der Waals surface area contributed by atoms with Crippen molar-refractivity contribution in [3.8, 4) is 5.75 Å². The largest absolute Gasteiger partial charge is 0.483 e. The third-order valence-corrected chi connectivity index (χ3v) is 1.79. The normalized spacial score (nSPS) is 9.64. The SMILES string of the molecule is CNC(=O)COc1cc(F)ccc1C. The van der Waals surface area contributed by atoms with Crippen LogP contribution in [-0.4, -0.2) is 19.6 Å². The van der Waals surface area contributed by atoms with Gasteiger partial charge in [-0.15, -0.1) is 0 Å². The van der Waals surface area contributed by atoms with Crippen molar-refractivity contribution in [1.82, 2.24) is 5.32 Å². The molecule has 1 N–H and O–H groups in total. The second-order valence-electron chi connectivity index (χ2n) is 2.87. The van der Waals surface area contributed by atoms with Crippen LogP contribution in [-0.2, 0) is 4.79 Å². The van der Waals surface area contributed by atoms with Crippen molar-refractivity contribution < 1.29 is 13.9 Å². The minimum Gasteiger partial charge on any atom is -0.483 e. The number of carbonyl (C=O) groups excluding carboxylic acids is 1. The first-order chi connectivity index (χ1) is 6.63. The Morgan fingerprint density at radius 2 is 2.29 bits per heavy atom. The van der Waals surface area contributed by atoms with E-state index >= 15 is 0 Å². The van der Waals surface area contributed by atoms with Crippen molar-refractivity contribution in [2.45, 2.75) is 6.92 Å². The molecule has 0 atom stereocenters. The number of benzene rings is 1. The molecule has 0 aromatic heterocycles. The van der Waals surface area contributed by atoms with Gasteiger partial charge in [0.05, 0.1) is 0 Å². The Bertz CT molecular complexity index is 339. The summed E-state index contributed by atoms with van der Waals surface area (Å²) >= 11 is 0. The van der Waals surface area contributed by atoms with Gasteiger partial charge in [0.25, 0.3) is 5.91 Å². The minimum atomic E-state index is -0.373. The predicted molar refractivity (Wildman–Crippen MR) is 50.7 cm³/mol. The lowest BCUT2D eigenvalue weighted by molar-refractivity contribution is -0.122. The zero-order chi connectivity index (χ0) is 10.6. The summed E-state index contributed by atoms with van der Waals surface area (Å²) in [4.78, 5) is 10.9. The molecule has 4 heteroatoms. The zero-order valence-electron chi connectivity index (χ0n) is 8.13. The highest BCUT2D eigenvalue weighted by Gasteiger charge is 2.03. The molecule has 1 aromatic rings. The summed E-state index contributed by atoms with van der Waals surface area (Å²) in [6.07, 6.45) is 0. The van der Waals surface area contributed by atoms with E-state index in [1.165, 1.54) is 19.2 Å². The lowest BCUT2D eigenvalue weighted by Crippen LogP contribution is -2.25. The average Bonchev–Trinajstić information content (AvgIpc) is 2.19. The number of halogens is 1. The molecular formula is C10H12FNO2. The number of hydrogen-bond acceptors (Lipinski definition) is 2. The molecule has 0 unspecified atom stereocenters. The molecule has 3 nitrogen and oxygen atoms in total. The number of rotatable bonds is 3. The van der Waals surface area contributed by atoms with Gasteiger partial charge in [0.15, 0.2) is 6.61 Å². The number of likely N-dealkylation sites (N-methyl/N-ethyl adjacent to an activating group) is 1. The van der Waals surface area contributed by atoms with Gasteiger partial charge in [-0.1, -0.05) is 6.07 Å². The Labute approximate surface area is 81.9 Å². The van der Waals surface area contributed by atoms with Gasteiger partial charge in [0.2, 0.25) is 0 Å². The van der Waals surface area contributed by atoms with Gasteiger partial charge in [0.1, 0.15) is 11.6 Å². The third kappa shape index (κ3) is 2.73. The van der Waals surface area contributed by atoms with E-state index in [9.17, 15) is 9.18 Å². The number of amides is 1. The van der Waals surface area contributed by atoms with E-state index in [-0.39, 0.29) is 18.3 Å². The molecule has 0 spiro atoms. The lowest BCUT2D eigenvalue weighted by atomic mass is 10.2. The fraction of sp³-hybridized carbons (Fsp3) is 0.300. The van der Waals surface area contributed by atoms with Crippen molar-refractivity contribution in [1.29, 1.82) is 0 Å². The molecular weight excluding hydrogens is 185 g/mol. The molecule has 0 aliphatic heterocycles. The van der Waals surface area contributed by atoms with Gasteiger partial charge in [-0.3, -0.25) is 4.79 Å². The third-order valence-electron chi connectivity index (χ3n) is 1.79. The van der Waals surface area contributed by atoms with Crippen molar-refractivity contribution >= 4 is 5.91 Å². The Kier molecular flexibility index (Phi) is 3.45. The second kappa shape index (κ2) is 4.60. The number of ether oxygens (including phenoxy) is 1. The first-order valence-electron chi connectivity index (χ1n) is 4.23. The molecule has 1 aromatic carbocycles.